The highest BCUT2D eigenvalue weighted by atomic mass is 16.3. The van der Waals surface area contributed by atoms with Crippen LogP contribution >= 0.6 is 0 Å². The first-order chi connectivity index (χ1) is 8.09. The smallest absolute Gasteiger partial charge is 0.260 e. The van der Waals surface area contributed by atoms with Crippen LogP contribution in [0.1, 0.15) is 27.2 Å². The topological polar surface area (TPSA) is 55.1 Å². The number of rotatable bonds is 2. The van der Waals surface area contributed by atoms with Crippen molar-refractivity contribution in [1.29, 1.82) is 0 Å². The summed E-state index contributed by atoms with van der Waals surface area (Å²) in [6, 6.07) is 3.73. The number of nitrogens with zero attached hydrogens (tertiary/aromatic N) is 1. The normalized spacial score (nSPS) is 10.3. The monoisotopic (exact) mass is 230 g/mol. The maximum Gasteiger partial charge on any atom is 0.260 e. The summed E-state index contributed by atoms with van der Waals surface area (Å²) in [4.78, 5) is 16.2. The van der Waals surface area contributed by atoms with Crippen molar-refractivity contribution < 1.29 is 9.21 Å². The molecule has 0 bridgehead atoms. The molecule has 2 aromatic rings. The molecule has 0 atom stereocenters. The summed E-state index contributed by atoms with van der Waals surface area (Å²) >= 11 is 0. The molecule has 2 aromatic heterocycles. The van der Waals surface area contributed by atoms with Gasteiger partial charge in [-0.25, -0.2) is 4.98 Å². The Kier molecular flexibility index (Phi) is 2.95. The number of pyridine rings is 1. The van der Waals surface area contributed by atoms with Crippen LogP contribution in [0.2, 0.25) is 0 Å². The van der Waals surface area contributed by atoms with Gasteiger partial charge in [-0.15, -0.1) is 0 Å². The number of aryl methyl sites for hydroxylation is 3. The molecule has 2 heterocycles. The van der Waals surface area contributed by atoms with Gasteiger partial charge in [-0.2, -0.15) is 0 Å². The van der Waals surface area contributed by atoms with E-state index in [1.54, 1.807) is 19.4 Å². The van der Waals surface area contributed by atoms with Crippen LogP contribution in [0.3, 0.4) is 0 Å². The Morgan fingerprint density at radius 2 is 2.06 bits per heavy atom. The van der Waals surface area contributed by atoms with Gasteiger partial charge in [-0.3, -0.25) is 4.79 Å². The van der Waals surface area contributed by atoms with E-state index in [-0.39, 0.29) is 5.91 Å². The van der Waals surface area contributed by atoms with Gasteiger partial charge < -0.3 is 9.73 Å². The third-order valence-corrected chi connectivity index (χ3v) is 2.63. The number of carbonyl (C=O) groups excluding carboxylic acids is 1. The van der Waals surface area contributed by atoms with Gasteiger partial charge in [-0.05, 0) is 32.4 Å². The van der Waals surface area contributed by atoms with E-state index in [9.17, 15) is 4.79 Å². The lowest BCUT2D eigenvalue weighted by Gasteiger charge is -2.06. The summed E-state index contributed by atoms with van der Waals surface area (Å²) in [6.45, 7) is 5.52. The van der Waals surface area contributed by atoms with E-state index in [0.29, 0.717) is 17.1 Å². The molecule has 1 N–H and O–H groups in total. The first-order valence-electron chi connectivity index (χ1n) is 5.37. The Labute approximate surface area is 99.7 Å². The van der Waals surface area contributed by atoms with Crippen LogP contribution in [0.25, 0.3) is 0 Å². The fourth-order valence-electron chi connectivity index (χ4n) is 1.70. The summed E-state index contributed by atoms with van der Waals surface area (Å²) in [5.41, 5.74) is 2.34. The molecule has 0 aliphatic heterocycles. The number of aromatic nitrogens is 1. The van der Waals surface area contributed by atoms with Crippen molar-refractivity contribution in [3.63, 3.8) is 0 Å². The zero-order valence-electron chi connectivity index (χ0n) is 10.1. The second-order valence-electron chi connectivity index (χ2n) is 3.97. The van der Waals surface area contributed by atoms with Crippen LogP contribution in [-0.2, 0) is 0 Å². The second-order valence-corrected chi connectivity index (χ2v) is 3.97. The zero-order valence-corrected chi connectivity index (χ0v) is 10.1. The Bertz CT molecular complexity index is 539. The molecular weight excluding hydrogens is 216 g/mol. The lowest BCUT2D eigenvalue weighted by molar-refractivity contribution is 0.102. The fourth-order valence-corrected chi connectivity index (χ4v) is 1.70. The number of nitrogens with one attached hydrogen (secondary N) is 1. The van der Waals surface area contributed by atoms with Gasteiger partial charge in [0.1, 0.15) is 11.6 Å². The van der Waals surface area contributed by atoms with E-state index < -0.39 is 0 Å². The highest BCUT2D eigenvalue weighted by Gasteiger charge is 2.16. The fraction of sp³-hybridized carbons (Fsp3) is 0.231. The Hall–Kier alpha value is -2.10. The minimum atomic E-state index is -0.185. The molecule has 0 radical (unpaired) electrons. The molecule has 0 spiro atoms. The minimum Gasteiger partial charge on any atom is -0.469 e. The number of anilines is 1. The Balaban J connectivity index is 2.27. The van der Waals surface area contributed by atoms with Gasteiger partial charge in [0, 0.05) is 11.8 Å². The number of hydrogen-bond acceptors (Lipinski definition) is 3. The molecule has 88 valence electrons. The quantitative estimate of drug-likeness (QED) is 0.863. The minimum absolute atomic E-state index is 0.185. The van der Waals surface area contributed by atoms with Crippen molar-refractivity contribution in [3.8, 4) is 0 Å². The summed E-state index contributed by atoms with van der Waals surface area (Å²) < 4.78 is 5.20. The standard InChI is InChI=1S/C13H14N2O2/c1-8-5-4-6-14-12(8)15-13(16)11-9(2)7-17-10(11)3/h4-7H,1-3H3,(H,14,15,16). The average molecular weight is 230 g/mol. The highest BCUT2D eigenvalue weighted by molar-refractivity contribution is 6.05. The van der Waals surface area contributed by atoms with Crippen molar-refractivity contribution >= 4 is 11.7 Å². The van der Waals surface area contributed by atoms with E-state index in [4.69, 9.17) is 4.42 Å². The number of furan rings is 1. The van der Waals surface area contributed by atoms with Crippen LogP contribution in [-0.4, -0.2) is 10.9 Å². The average Bonchev–Trinajstić information content (AvgIpc) is 2.62. The Morgan fingerprint density at radius 1 is 1.29 bits per heavy atom. The highest BCUT2D eigenvalue weighted by Crippen LogP contribution is 2.18. The molecule has 1 amide bonds. The molecule has 4 nitrogen and oxygen atoms in total. The molecule has 0 aliphatic rings. The summed E-state index contributed by atoms with van der Waals surface area (Å²) in [5, 5.41) is 2.78. The lowest BCUT2D eigenvalue weighted by atomic mass is 10.1. The van der Waals surface area contributed by atoms with Gasteiger partial charge in [0.05, 0.1) is 11.8 Å². The SMILES string of the molecule is Cc1cccnc1NC(=O)c1c(C)coc1C. The van der Waals surface area contributed by atoms with Crippen molar-refractivity contribution in [3.05, 3.63) is 47.0 Å². The van der Waals surface area contributed by atoms with Crippen LogP contribution in [0.5, 0.6) is 0 Å². The molecule has 0 aromatic carbocycles. The maximum absolute atomic E-state index is 12.1. The first kappa shape index (κ1) is 11.4. The third-order valence-electron chi connectivity index (χ3n) is 2.63. The molecular formula is C13H14N2O2. The van der Waals surface area contributed by atoms with E-state index in [1.165, 1.54) is 0 Å². The number of amides is 1. The Morgan fingerprint density at radius 3 is 2.65 bits per heavy atom. The summed E-state index contributed by atoms with van der Waals surface area (Å²) in [6.07, 6.45) is 3.23. The first-order valence-corrected chi connectivity index (χ1v) is 5.37. The van der Waals surface area contributed by atoms with Crippen LogP contribution in [0.4, 0.5) is 5.82 Å². The van der Waals surface area contributed by atoms with E-state index in [1.807, 2.05) is 26.0 Å². The third kappa shape index (κ3) is 2.20. The molecule has 2 rings (SSSR count). The summed E-state index contributed by atoms with van der Waals surface area (Å²) in [7, 11) is 0. The molecule has 0 saturated carbocycles. The summed E-state index contributed by atoms with van der Waals surface area (Å²) in [5.74, 6) is 1.02. The largest absolute Gasteiger partial charge is 0.469 e. The van der Waals surface area contributed by atoms with Gasteiger partial charge in [0.25, 0.3) is 5.91 Å². The predicted molar refractivity (Wildman–Crippen MR) is 65.1 cm³/mol. The van der Waals surface area contributed by atoms with Crippen molar-refractivity contribution in [2.75, 3.05) is 5.32 Å². The second kappa shape index (κ2) is 4.41. The van der Waals surface area contributed by atoms with Gasteiger partial charge in [0.15, 0.2) is 0 Å². The van der Waals surface area contributed by atoms with Crippen molar-refractivity contribution in [2.45, 2.75) is 20.8 Å². The van der Waals surface area contributed by atoms with Crippen LogP contribution in [0.15, 0.2) is 29.0 Å². The molecule has 4 heteroatoms. The predicted octanol–water partition coefficient (Wildman–Crippen LogP) is 2.85. The van der Waals surface area contributed by atoms with Gasteiger partial charge in [-0.1, -0.05) is 6.07 Å². The van der Waals surface area contributed by atoms with E-state index in [2.05, 4.69) is 10.3 Å². The van der Waals surface area contributed by atoms with Crippen molar-refractivity contribution in [2.24, 2.45) is 0 Å². The number of hydrogen-bond donors (Lipinski definition) is 1. The van der Waals surface area contributed by atoms with E-state index >= 15 is 0 Å². The molecule has 0 unspecified atom stereocenters. The molecule has 0 fully saturated rings. The molecule has 0 aliphatic carbocycles. The van der Waals surface area contributed by atoms with E-state index in [0.717, 1.165) is 11.1 Å². The van der Waals surface area contributed by atoms with Gasteiger partial charge >= 0.3 is 0 Å². The van der Waals surface area contributed by atoms with Crippen LogP contribution < -0.4 is 5.32 Å². The lowest BCUT2D eigenvalue weighted by Crippen LogP contribution is -2.15. The van der Waals surface area contributed by atoms with Crippen LogP contribution in [0, 0.1) is 20.8 Å². The molecule has 0 saturated heterocycles. The number of carbonyl (C=O) groups is 1. The maximum atomic E-state index is 12.1. The van der Waals surface area contributed by atoms with Gasteiger partial charge in [0.2, 0.25) is 0 Å². The zero-order chi connectivity index (χ0) is 12.4. The van der Waals surface area contributed by atoms with Crippen molar-refractivity contribution in [1.82, 2.24) is 4.98 Å². The molecule has 17 heavy (non-hydrogen) atoms.